The number of piperidine rings is 1. The average Bonchev–Trinajstić information content (AvgIpc) is 2.98. The number of carboxylic acid groups (broad SMARTS) is 1. The average molecular weight is 317 g/mol. The van der Waals surface area contributed by atoms with E-state index in [2.05, 4.69) is 45.4 Å². The summed E-state index contributed by atoms with van der Waals surface area (Å²) >= 11 is 1.41. The van der Waals surface area contributed by atoms with Crippen molar-refractivity contribution in [1.29, 1.82) is 0 Å². The SMILES string of the molecule is Cc1ccc(Cc2nsc(N3CCC(C(=O)O)CC3)n2)cc1. The molecule has 0 unspecified atom stereocenters. The number of aromatic nitrogens is 2. The first kappa shape index (κ1) is 15.0. The zero-order valence-electron chi connectivity index (χ0n) is 12.5. The maximum Gasteiger partial charge on any atom is 0.306 e. The molecule has 0 atom stereocenters. The van der Waals surface area contributed by atoms with Crippen LogP contribution in [0.15, 0.2) is 24.3 Å². The summed E-state index contributed by atoms with van der Waals surface area (Å²) in [5.41, 5.74) is 2.46. The van der Waals surface area contributed by atoms with Crippen LogP contribution in [0, 0.1) is 12.8 Å². The number of aliphatic carboxylic acids is 1. The van der Waals surface area contributed by atoms with Crippen molar-refractivity contribution >= 4 is 22.6 Å². The first-order chi connectivity index (χ1) is 10.6. The van der Waals surface area contributed by atoms with E-state index < -0.39 is 5.97 Å². The third-order valence-electron chi connectivity index (χ3n) is 4.05. The highest BCUT2D eigenvalue weighted by Gasteiger charge is 2.26. The van der Waals surface area contributed by atoms with Crippen LogP contribution in [0.25, 0.3) is 0 Å². The first-order valence-electron chi connectivity index (χ1n) is 7.47. The molecule has 2 aromatic rings. The summed E-state index contributed by atoms with van der Waals surface area (Å²) in [4.78, 5) is 17.7. The minimum absolute atomic E-state index is 0.212. The number of nitrogens with zero attached hydrogens (tertiary/aromatic N) is 3. The molecule has 0 saturated carbocycles. The van der Waals surface area contributed by atoms with Gasteiger partial charge in [-0.15, -0.1) is 0 Å². The molecule has 116 valence electrons. The summed E-state index contributed by atoms with van der Waals surface area (Å²) in [5, 5.41) is 9.95. The Balaban J connectivity index is 1.62. The standard InChI is InChI=1S/C16H19N3O2S/c1-11-2-4-12(5-3-11)10-14-17-16(22-18-14)19-8-6-13(7-9-19)15(20)21/h2-5,13H,6-10H2,1H3,(H,20,21). The van der Waals surface area contributed by atoms with Crippen LogP contribution in [-0.4, -0.2) is 33.5 Å². The molecule has 1 fully saturated rings. The Morgan fingerprint density at radius 3 is 2.64 bits per heavy atom. The highest BCUT2D eigenvalue weighted by Crippen LogP contribution is 2.25. The fraction of sp³-hybridized carbons (Fsp3) is 0.438. The normalized spacial score (nSPS) is 16.0. The number of carboxylic acids is 1. The summed E-state index contributed by atoms with van der Waals surface area (Å²) in [5.74, 6) is -0.0580. The van der Waals surface area contributed by atoms with E-state index in [0.717, 1.165) is 30.5 Å². The largest absolute Gasteiger partial charge is 0.481 e. The summed E-state index contributed by atoms with van der Waals surface area (Å²) in [6, 6.07) is 8.40. The van der Waals surface area contributed by atoms with Crippen LogP contribution >= 0.6 is 11.5 Å². The van der Waals surface area contributed by atoms with Gasteiger partial charge in [0.1, 0.15) is 5.82 Å². The van der Waals surface area contributed by atoms with Gasteiger partial charge in [0.25, 0.3) is 0 Å². The zero-order chi connectivity index (χ0) is 15.5. The quantitative estimate of drug-likeness (QED) is 0.939. The van der Waals surface area contributed by atoms with Crippen LogP contribution in [-0.2, 0) is 11.2 Å². The number of carbonyl (C=O) groups is 1. The maximum atomic E-state index is 11.0. The number of benzene rings is 1. The third-order valence-corrected chi connectivity index (χ3v) is 4.87. The molecule has 0 bridgehead atoms. The second kappa shape index (κ2) is 6.44. The lowest BCUT2D eigenvalue weighted by Gasteiger charge is -2.29. The smallest absolute Gasteiger partial charge is 0.306 e. The molecule has 0 amide bonds. The second-order valence-corrected chi connectivity index (χ2v) is 6.49. The lowest BCUT2D eigenvalue weighted by molar-refractivity contribution is -0.142. The monoisotopic (exact) mass is 317 g/mol. The van der Waals surface area contributed by atoms with Gasteiger partial charge in [-0.2, -0.15) is 4.37 Å². The van der Waals surface area contributed by atoms with E-state index in [-0.39, 0.29) is 5.92 Å². The van der Waals surface area contributed by atoms with Crippen molar-refractivity contribution in [2.45, 2.75) is 26.2 Å². The molecule has 1 N–H and O–H groups in total. The van der Waals surface area contributed by atoms with E-state index in [4.69, 9.17) is 5.11 Å². The highest BCUT2D eigenvalue weighted by atomic mass is 32.1. The van der Waals surface area contributed by atoms with Crippen molar-refractivity contribution in [2.24, 2.45) is 5.92 Å². The molecule has 2 heterocycles. The number of rotatable bonds is 4. The highest BCUT2D eigenvalue weighted by molar-refractivity contribution is 7.09. The Labute approximate surface area is 133 Å². The maximum absolute atomic E-state index is 11.0. The van der Waals surface area contributed by atoms with Crippen LogP contribution in [0.2, 0.25) is 0 Å². The van der Waals surface area contributed by atoms with Gasteiger partial charge in [-0.05, 0) is 25.3 Å². The Kier molecular flexibility index (Phi) is 4.38. The van der Waals surface area contributed by atoms with Gasteiger partial charge in [0.2, 0.25) is 5.13 Å². The summed E-state index contributed by atoms with van der Waals surface area (Å²) in [6.07, 6.45) is 2.10. The first-order valence-corrected chi connectivity index (χ1v) is 8.25. The molecule has 0 spiro atoms. The summed E-state index contributed by atoms with van der Waals surface area (Å²) in [6.45, 7) is 3.57. The summed E-state index contributed by atoms with van der Waals surface area (Å²) in [7, 11) is 0. The van der Waals surface area contributed by atoms with Crippen molar-refractivity contribution < 1.29 is 9.90 Å². The third kappa shape index (κ3) is 3.44. The molecule has 22 heavy (non-hydrogen) atoms. The molecule has 1 saturated heterocycles. The van der Waals surface area contributed by atoms with Crippen LogP contribution in [0.4, 0.5) is 5.13 Å². The predicted octanol–water partition coefficient (Wildman–Crippen LogP) is 2.74. The minimum Gasteiger partial charge on any atom is -0.481 e. The lowest BCUT2D eigenvalue weighted by Crippen LogP contribution is -2.36. The number of hydrogen-bond acceptors (Lipinski definition) is 5. The van der Waals surface area contributed by atoms with E-state index in [1.807, 2.05) is 0 Å². The van der Waals surface area contributed by atoms with E-state index >= 15 is 0 Å². The molecule has 1 aromatic heterocycles. The van der Waals surface area contributed by atoms with Gasteiger partial charge in [0.05, 0.1) is 5.92 Å². The van der Waals surface area contributed by atoms with Gasteiger partial charge in [-0.25, -0.2) is 4.98 Å². The van der Waals surface area contributed by atoms with Gasteiger partial charge in [0.15, 0.2) is 0 Å². The zero-order valence-corrected chi connectivity index (χ0v) is 13.3. The molecular weight excluding hydrogens is 298 g/mol. The fourth-order valence-electron chi connectivity index (χ4n) is 2.65. The molecule has 1 aliphatic rings. The fourth-order valence-corrected chi connectivity index (χ4v) is 3.39. The van der Waals surface area contributed by atoms with E-state index in [9.17, 15) is 4.79 Å². The molecule has 6 heteroatoms. The van der Waals surface area contributed by atoms with Crippen LogP contribution in [0.1, 0.15) is 29.8 Å². The van der Waals surface area contributed by atoms with Gasteiger partial charge in [-0.3, -0.25) is 4.79 Å². The molecule has 5 nitrogen and oxygen atoms in total. The second-order valence-electron chi connectivity index (χ2n) is 5.76. The molecule has 0 radical (unpaired) electrons. The van der Waals surface area contributed by atoms with Crippen molar-refractivity contribution in [2.75, 3.05) is 18.0 Å². The number of aryl methyl sites for hydroxylation is 1. The van der Waals surface area contributed by atoms with Gasteiger partial charge in [0, 0.05) is 31.0 Å². The Bertz CT molecular complexity index is 646. The molecule has 1 aliphatic heterocycles. The van der Waals surface area contributed by atoms with Gasteiger partial charge in [-0.1, -0.05) is 29.8 Å². The Hall–Kier alpha value is -1.95. The molecule has 0 aliphatic carbocycles. The Morgan fingerprint density at radius 1 is 1.32 bits per heavy atom. The van der Waals surface area contributed by atoms with E-state index in [1.54, 1.807) is 0 Å². The van der Waals surface area contributed by atoms with Crippen LogP contribution in [0.3, 0.4) is 0 Å². The van der Waals surface area contributed by atoms with Crippen LogP contribution in [0.5, 0.6) is 0 Å². The van der Waals surface area contributed by atoms with Crippen molar-refractivity contribution in [3.8, 4) is 0 Å². The number of hydrogen-bond donors (Lipinski definition) is 1. The predicted molar refractivity (Wildman–Crippen MR) is 86.5 cm³/mol. The van der Waals surface area contributed by atoms with Crippen LogP contribution < -0.4 is 4.90 Å². The lowest BCUT2D eigenvalue weighted by atomic mass is 9.98. The number of anilines is 1. The summed E-state index contributed by atoms with van der Waals surface area (Å²) < 4.78 is 4.44. The molecular formula is C16H19N3O2S. The topological polar surface area (TPSA) is 66.3 Å². The Morgan fingerprint density at radius 2 is 2.00 bits per heavy atom. The van der Waals surface area contributed by atoms with Crippen molar-refractivity contribution in [3.05, 3.63) is 41.2 Å². The van der Waals surface area contributed by atoms with E-state index in [1.165, 1.54) is 22.7 Å². The van der Waals surface area contributed by atoms with Gasteiger partial charge < -0.3 is 10.0 Å². The van der Waals surface area contributed by atoms with Crippen molar-refractivity contribution in [3.63, 3.8) is 0 Å². The molecule has 1 aromatic carbocycles. The molecule has 3 rings (SSSR count). The van der Waals surface area contributed by atoms with Crippen molar-refractivity contribution in [1.82, 2.24) is 9.36 Å². The van der Waals surface area contributed by atoms with E-state index in [0.29, 0.717) is 12.8 Å². The minimum atomic E-state index is -0.683. The van der Waals surface area contributed by atoms with Gasteiger partial charge >= 0.3 is 5.97 Å².